The van der Waals surface area contributed by atoms with E-state index in [0.717, 1.165) is 48.4 Å². The summed E-state index contributed by atoms with van der Waals surface area (Å²) in [6.45, 7) is 1.94. The molecule has 3 aromatic heterocycles. The highest BCUT2D eigenvalue weighted by atomic mass is 19.1. The summed E-state index contributed by atoms with van der Waals surface area (Å²) in [6, 6.07) is 11.4. The van der Waals surface area contributed by atoms with Crippen molar-refractivity contribution in [1.82, 2.24) is 20.3 Å². The smallest absolute Gasteiger partial charge is 0.135 e. The van der Waals surface area contributed by atoms with Gasteiger partial charge in [-0.1, -0.05) is 6.07 Å². The van der Waals surface area contributed by atoms with Crippen molar-refractivity contribution in [2.75, 3.05) is 18.4 Å². The first-order valence-corrected chi connectivity index (χ1v) is 10.1. The number of halogens is 2. The van der Waals surface area contributed by atoms with E-state index >= 15 is 0 Å². The number of nitrogens with zero attached hydrogens (tertiary/aromatic N) is 2. The van der Waals surface area contributed by atoms with E-state index in [4.69, 9.17) is 0 Å². The number of H-pyrrole nitrogens is 1. The Labute approximate surface area is 172 Å². The molecule has 0 bridgehead atoms. The molecule has 1 aliphatic rings. The molecular weight excluding hydrogens is 384 g/mol. The summed E-state index contributed by atoms with van der Waals surface area (Å²) in [5.74, 6) is -1.27. The number of anilines is 1. The van der Waals surface area contributed by atoms with E-state index in [1.165, 1.54) is 18.2 Å². The Balaban J connectivity index is 1.59. The summed E-state index contributed by atoms with van der Waals surface area (Å²) in [6.07, 6.45) is 5.79. The summed E-state index contributed by atoms with van der Waals surface area (Å²) in [5.41, 5.74) is 3.99. The van der Waals surface area contributed by atoms with Gasteiger partial charge in [-0.3, -0.25) is 4.98 Å². The lowest BCUT2D eigenvalue weighted by Gasteiger charge is -2.25. The van der Waals surface area contributed by atoms with Crippen LogP contribution in [0.25, 0.3) is 33.5 Å². The van der Waals surface area contributed by atoms with Gasteiger partial charge in [0.25, 0.3) is 0 Å². The molecule has 0 aliphatic carbocycles. The molecule has 5 nitrogen and oxygen atoms in total. The summed E-state index contributed by atoms with van der Waals surface area (Å²) in [4.78, 5) is 12.4. The molecule has 0 saturated carbocycles. The first kappa shape index (κ1) is 18.7. The average molecular weight is 405 g/mol. The van der Waals surface area contributed by atoms with Gasteiger partial charge in [0, 0.05) is 30.5 Å². The van der Waals surface area contributed by atoms with Crippen molar-refractivity contribution in [2.45, 2.75) is 18.9 Å². The fourth-order valence-electron chi connectivity index (χ4n) is 3.99. The number of pyridine rings is 2. The van der Waals surface area contributed by atoms with Crippen molar-refractivity contribution in [1.29, 1.82) is 0 Å². The Kier molecular flexibility index (Phi) is 4.88. The number of rotatable bonds is 4. The average Bonchev–Trinajstić information content (AvgIpc) is 3.18. The van der Waals surface area contributed by atoms with Crippen LogP contribution in [0.5, 0.6) is 0 Å². The molecule has 3 N–H and O–H groups in total. The predicted octanol–water partition coefficient (Wildman–Crippen LogP) is 4.73. The van der Waals surface area contributed by atoms with Crippen molar-refractivity contribution < 1.29 is 8.78 Å². The molecule has 1 atom stereocenters. The third-order valence-electron chi connectivity index (χ3n) is 5.46. The number of piperidine rings is 1. The Bertz CT molecular complexity index is 1180. The molecule has 1 fully saturated rings. The van der Waals surface area contributed by atoms with Crippen molar-refractivity contribution in [2.24, 2.45) is 0 Å². The quantitative estimate of drug-likeness (QED) is 0.459. The molecule has 1 saturated heterocycles. The van der Waals surface area contributed by atoms with Gasteiger partial charge >= 0.3 is 0 Å². The SMILES string of the molecule is Fc1cccc(F)c1-c1ccc2[nH]cc(-c3ncccc3NC3CCCNC3)c2n1. The van der Waals surface area contributed by atoms with Crippen LogP contribution in [0.2, 0.25) is 0 Å². The molecule has 0 spiro atoms. The minimum Gasteiger partial charge on any atom is -0.379 e. The maximum absolute atomic E-state index is 14.3. The highest BCUT2D eigenvalue weighted by molar-refractivity contribution is 5.95. The van der Waals surface area contributed by atoms with Crippen molar-refractivity contribution in [3.8, 4) is 22.5 Å². The Morgan fingerprint density at radius 2 is 1.90 bits per heavy atom. The zero-order valence-corrected chi connectivity index (χ0v) is 16.3. The second-order valence-electron chi connectivity index (χ2n) is 7.48. The van der Waals surface area contributed by atoms with Crippen molar-refractivity contribution in [3.63, 3.8) is 0 Å². The molecule has 4 aromatic rings. The zero-order valence-electron chi connectivity index (χ0n) is 16.3. The van der Waals surface area contributed by atoms with Gasteiger partial charge in [0.05, 0.1) is 33.7 Å². The molecular formula is C23H21F2N5. The van der Waals surface area contributed by atoms with E-state index in [2.05, 4.69) is 25.6 Å². The van der Waals surface area contributed by atoms with E-state index < -0.39 is 11.6 Å². The highest BCUT2D eigenvalue weighted by Crippen LogP contribution is 2.34. The molecule has 4 heterocycles. The lowest BCUT2D eigenvalue weighted by Crippen LogP contribution is -2.38. The molecule has 1 unspecified atom stereocenters. The minimum absolute atomic E-state index is 0.126. The van der Waals surface area contributed by atoms with Crippen LogP contribution in [-0.4, -0.2) is 34.1 Å². The summed E-state index contributed by atoms with van der Waals surface area (Å²) < 4.78 is 28.6. The monoisotopic (exact) mass is 405 g/mol. The first-order valence-electron chi connectivity index (χ1n) is 10.1. The standard InChI is InChI=1S/C23H21F2N5/c24-16-5-1-6-17(25)21(16)18-8-9-19-23(30-18)15(13-28-19)22-20(7-3-11-27-22)29-14-4-2-10-26-12-14/h1,3,5-9,11,13-14,26,28-29H,2,4,10,12H2. The molecule has 0 radical (unpaired) electrons. The number of nitrogens with one attached hydrogen (secondary N) is 3. The van der Waals surface area contributed by atoms with E-state index in [-0.39, 0.29) is 11.3 Å². The lowest BCUT2D eigenvalue weighted by atomic mass is 10.1. The fourth-order valence-corrected chi connectivity index (χ4v) is 3.99. The van der Waals surface area contributed by atoms with Crippen LogP contribution in [0, 0.1) is 11.6 Å². The van der Waals surface area contributed by atoms with Gasteiger partial charge in [-0.15, -0.1) is 0 Å². The number of aromatic nitrogens is 3. The zero-order chi connectivity index (χ0) is 20.5. The highest BCUT2D eigenvalue weighted by Gasteiger charge is 2.19. The van der Waals surface area contributed by atoms with Crippen LogP contribution >= 0.6 is 0 Å². The predicted molar refractivity (Wildman–Crippen MR) is 114 cm³/mol. The molecule has 7 heteroatoms. The topological polar surface area (TPSA) is 65.6 Å². The van der Waals surface area contributed by atoms with Gasteiger partial charge < -0.3 is 15.6 Å². The van der Waals surface area contributed by atoms with Gasteiger partial charge in [-0.2, -0.15) is 0 Å². The number of hydrogen-bond acceptors (Lipinski definition) is 4. The van der Waals surface area contributed by atoms with Crippen LogP contribution < -0.4 is 10.6 Å². The molecule has 5 rings (SSSR count). The summed E-state index contributed by atoms with van der Waals surface area (Å²) in [7, 11) is 0. The van der Waals surface area contributed by atoms with Gasteiger partial charge in [-0.25, -0.2) is 13.8 Å². The number of fused-ring (bicyclic) bond motifs is 1. The largest absolute Gasteiger partial charge is 0.379 e. The molecule has 1 aromatic carbocycles. The molecule has 1 aliphatic heterocycles. The van der Waals surface area contributed by atoms with Crippen LogP contribution in [0.3, 0.4) is 0 Å². The van der Waals surface area contributed by atoms with Crippen molar-refractivity contribution >= 4 is 16.7 Å². The Morgan fingerprint density at radius 1 is 1.03 bits per heavy atom. The van der Waals surface area contributed by atoms with E-state index in [1.54, 1.807) is 18.3 Å². The van der Waals surface area contributed by atoms with Crippen LogP contribution in [-0.2, 0) is 0 Å². The number of hydrogen-bond donors (Lipinski definition) is 3. The summed E-state index contributed by atoms with van der Waals surface area (Å²) >= 11 is 0. The summed E-state index contributed by atoms with van der Waals surface area (Å²) in [5, 5.41) is 6.98. The maximum atomic E-state index is 14.3. The van der Waals surface area contributed by atoms with Crippen LogP contribution in [0.1, 0.15) is 12.8 Å². The molecule has 30 heavy (non-hydrogen) atoms. The second kappa shape index (κ2) is 7.84. The normalized spacial score (nSPS) is 16.7. The number of aromatic amines is 1. The van der Waals surface area contributed by atoms with Gasteiger partial charge in [0.15, 0.2) is 0 Å². The first-order chi connectivity index (χ1) is 14.7. The Morgan fingerprint density at radius 3 is 2.70 bits per heavy atom. The lowest BCUT2D eigenvalue weighted by molar-refractivity contribution is 0.480. The minimum atomic E-state index is -0.635. The Hall–Kier alpha value is -3.32. The van der Waals surface area contributed by atoms with E-state index in [0.29, 0.717) is 11.6 Å². The van der Waals surface area contributed by atoms with Gasteiger partial charge in [0.1, 0.15) is 11.6 Å². The fraction of sp³-hybridized carbons (Fsp3) is 0.217. The molecule has 0 amide bonds. The molecule has 152 valence electrons. The maximum Gasteiger partial charge on any atom is 0.135 e. The van der Waals surface area contributed by atoms with Gasteiger partial charge in [0.2, 0.25) is 0 Å². The van der Waals surface area contributed by atoms with Gasteiger partial charge in [-0.05, 0) is 55.8 Å². The van der Waals surface area contributed by atoms with E-state index in [9.17, 15) is 8.78 Å². The van der Waals surface area contributed by atoms with Crippen LogP contribution in [0.15, 0.2) is 54.9 Å². The second-order valence-corrected chi connectivity index (χ2v) is 7.48. The van der Waals surface area contributed by atoms with Crippen molar-refractivity contribution in [3.05, 3.63) is 66.5 Å². The van der Waals surface area contributed by atoms with E-state index in [1.807, 2.05) is 18.3 Å². The third-order valence-corrected chi connectivity index (χ3v) is 5.46. The van der Waals surface area contributed by atoms with Crippen LogP contribution in [0.4, 0.5) is 14.5 Å². The third kappa shape index (κ3) is 3.41. The number of benzene rings is 1.